The summed E-state index contributed by atoms with van der Waals surface area (Å²) in [6.45, 7) is 1.96. The number of hydrogen-bond acceptors (Lipinski definition) is 4. The molecule has 8 heteroatoms. The minimum absolute atomic E-state index is 0.0481. The molecular formula is C20H29N3O4S. The highest BCUT2D eigenvalue weighted by Gasteiger charge is 2.27. The summed E-state index contributed by atoms with van der Waals surface area (Å²) < 4.78 is 26.9. The van der Waals surface area contributed by atoms with Crippen LogP contribution in [-0.2, 0) is 26.0 Å². The van der Waals surface area contributed by atoms with Crippen LogP contribution in [0.3, 0.4) is 0 Å². The molecule has 1 aliphatic carbocycles. The molecule has 2 aliphatic rings. The lowest BCUT2D eigenvalue weighted by Gasteiger charge is -2.29. The van der Waals surface area contributed by atoms with Crippen molar-refractivity contribution in [2.24, 2.45) is 0 Å². The summed E-state index contributed by atoms with van der Waals surface area (Å²) in [6.07, 6.45) is 6.85. The van der Waals surface area contributed by atoms with E-state index in [2.05, 4.69) is 5.32 Å². The first-order valence-corrected chi connectivity index (χ1v) is 11.4. The van der Waals surface area contributed by atoms with E-state index in [4.69, 9.17) is 0 Å². The maximum absolute atomic E-state index is 12.9. The van der Waals surface area contributed by atoms with Gasteiger partial charge < -0.3 is 10.2 Å². The number of amides is 2. The minimum atomic E-state index is -3.78. The molecule has 1 N–H and O–H groups in total. The third kappa shape index (κ3) is 4.55. The molecule has 1 fully saturated rings. The van der Waals surface area contributed by atoms with E-state index in [0.717, 1.165) is 54.1 Å². The van der Waals surface area contributed by atoms with Crippen molar-refractivity contribution >= 4 is 27.5 Å². The molecule has 7 nitrogen and oxygen atoms in total. The van der Waals surface area contributed by atoms with Crippen LogP contribution in [0.15, 0.2) is 23.1 Å². The van der Waals surface area contributed by atoms with Crippen molar-refractivity contribution in [3.63, 3.8) is 0 Å². The first-order chi connectivity index (χ1) is 13.3. The largest absolute Gasteiger partial charge is 0.352 e. The average molecular weight is 408 g/mol. The molecule has 3 rings (SSSR count). The van der Waals surface area contributed by atoms with Crippen LogP contribution >= 0.6 is 0 Å². The van der Waals surface area contributed by atoms with Crippen LogP contribution in [0.1, 0.15) is 51.0 Å². The molecule has 0 spiro atoms. The fourth-order valence-electron chi connectivity index (χ4n) is 4.05. The number of likely N-dealkylation sites (N-methyl/N-ethyl adjacent to an activating group) is 1. The number of rotatable bonds is 5. The first kappa shape index (κ1) is 20.8. The summed E-state index contributed by atoms with van der Waals surface area (Å²) in [5, 5.41) is 2.95. The molecule has 0 aromatic heterocycles. The van der Waals surface area contributed by atoms with Gasteiger partial charge in [-0.15, -0.1) is 0 Å². The molecule has 28 heavy (non-hydrogen) atoms. The molecule has 0 unspecified atom stereocenters. The number of nitrogens with one attached hydrogen (secondary N) is 1. The van der Waals surface area contributed by atoms with Crippen molar-refractivity contribution in [2.45, 2.75) is 62.8 Å². The summed E-state index contributed by atoms with van der Waals surface area (Å²) in [4.78, 5) is 25.9. The van der Waals surface area contributed by atoms with E-state index in [-0.39, 0.29) is 29.3 Å². The number of aryl methyl sites for hydroxylation is 1. The van der Waals surface area contributed by atoms with Gasteiger partial charge in [-0.25, -0.2) is 8.42 Å². The van der Waals surface area contributed by atoms with Gasteiger partial charge in [-0.1, -0.05) is 19.3 Å². The van der Waals surface area contributed by atoms with Gasteiger partial charge in [0, 0.05) is 32.2 Å². The second-order valence-electron chi connectivity index (χ2n) is 7.73. The zero-order valence-corrected chi connectivity index (χ0v) is 17.4. The number of sulfonamides is 1. The summed E-state index contributed by atoms with van der Waals surface area (Å²) in [7, 11) is -2.35. The Balaban J connectivity index is 1.71. The van der Waals surface area contributed by atoms with Crippen LogP contribution in [0, 0.1) is 0 Å². The normalized spacial score (nSPS) is 18.0. The van der Waals surface area contributed by atoms with Gasteiger partial charge in [0.2, 0.25) is 21.8 Å². The van der Waals surface area contributed by atoms with Crippen molar-refractivity contribution in [3.8, 4) is 0 Å². The minimum Gasteiger partial charge on any atom is -0.352 e. The van der Waals surface area contributed by atoms with Gasteiger partial charge in [0.15, 0.2) is 0 Å². The lowest BCUT2D eigenvalue weighted by Crippen LogP contribution is -2.43. The molecule has 0 radical (unpaired) electrons. The SMILES string of the molecule is CC(=O)N1CCCc2cc(S(=O)(=O)N(C)CC(=O)NC3CCCCC3)ccc21. The summed E-state index contributed by atoms with van der Waals surface area (Å²) in [6, 6.07) is 5.00. The molecule has 0 bridgehead atoms. The highest BCUT2D eigenvalue weighted by Crippen LogP contribution is 2.30. The Kier molecular flexibility index (Phi) is 6.40. The van der Waals surface area contributed by atoms with Gasteiger partial charge in [-0.3, -0.25) is 9.59 Å². The van der Waals surface area contributed by atoms with E-state index in [0.29, 0.717) is 6.54 Å². The molecule has 0 atom stereocenters. The number of fused-ring (bicyclic) bond motifs is 1. The lowest BCUT2D eigenvalue weighted by molar-refractivity contribution is -0.122. The Morgan fingerprint density at radius 1 is 1.18 bits per heavy atom. The van der Waals surface area contributed by atoms with Gasteiger partial charge >= 0.3 is 0 Å². The molecule has 1 saturated carbocycles. The standard InChI is InChI=1S/C20H29N3O4S/c1-15(24)23-12-6-7-16-13-18(10-11-19(16)23)28(26,27)22(2)14-20(25)21-17-8-4-3-5-9-17/h10-11,13,17H,3-9,12,14H2,1-2H3,(H,21,25). The van der Waals surface area contributed by atoms with Crippen molar-refractivity contribution in [1.29, 1.82) is 0 Å². The number of nitrogens with zero attached hydrogens (tertiary/aromatic N) is 2. The Hall–Kier alpha value is -1.93. The number of anilines is 1. The van der Waals surface area contributed by atoms with E-state index < -0.39 is 10.0 Å². The second kappa shape index (κ2) is 8.61. The van der Waals surface area contributed by atoms with Crippen molar-refractivity contribution < 1.29 is 18.0 Å². The highest BCUT2D eigenvalue weighted by atomic mass is 32.2. The highest BCUT2D eigenvalue weighted by molar-refractivity contribution is 7.89. The molecule has 2 amide bonds. The molecule has 0 saturated heterocycles. The number of hydrogen-bond donors (Lipinski definition) is 1. The number of carbonyl (C=O) groups is 2. The van der Waals surface area contributed by atoms with Crippen LogP contribution in [-0.4, -0.2) is 50.7 Å². The van der Waals surface area contributed by atoms with E-state index in [1.807, 2.05) is 0 Å². The zero-order valence-electron chi connectivity index (χ0n) is 16.6. The van der Waals surface area contributed by atoms with E-state index in [1.54, 1.807) is 17.0 Å². The second-order valence-corrected chi connectivity index (χ2v) is 9.77. The van der Waals surface area contributed by atoms with Crippen LogP contribution < -0.4 is 10.2 Å². The van der Waals surface area contributed by atoms with E-state index >= 15 is 0 Å². The average Bonchev–Trinajstić information content (AvgIpc) is 2.67. The number of benzene rings is 1. The lowest BCUT2D eigenvalue weighted by atomic mass is 9.95. The smallest absolute Gasteiger partial charge is 0.243 e. The van der Waals surface area contributed by atoms with Gasteiger partial charge in [-0.2, -0.15) is 4.31 Å². The predicted octanol–water partition coefficient (Wildman–Crippen LogP) is 2.06. The molecule has 1 heterocycles. The Bertz CT molecular complexity index is 847. The predicted molar refractivity (Wildman–Crippen MR) is 108 cm³/mol. The van der Waals surface area contributed by atoms with Crippen LogP contribution in [0.5, 0.6) is 0 Å². The molecule has 1 aromatic carbocycles. The zero-order chi connectivity index (χ0) is 20.3. The quantitative estimate of drug-likeness (QED) is 0.809. The van der Waals surface area contributed by atoms with Gasteiger partial charge in [0.25, 0.3) is 0 Å². The summed E-state index contributed by atoms with van der Waals surface area (Å²) >= 11 is 0. The Labute approximate surface area is 167 Å². The Morgan fingerprint density at radius 2 is 1.89 bits per heavy atom. The third-order valence-electron chi connectivity index (χ3n) is 5.59. The van der Waals surface area contributed by atoms with Gasteiger partial charge in [0.1, 0.15) is 0 Å². The van der Waals surface area contributed by atoms with Crippen molar-refractivity contribution in [3.05, 3.63) is 23.8 Å². The molecule has 154 valence electrons. The third-order valence-corrected chi connectivity index (χ3v) is 7.39. The Morgan fingerprint density at radius 3 is 2.57 bits per heavy atom. The fraction of sp³-hybridized carbons (Fsp3) is 0.600. The first-order valence-electron chi connectivity index (χ1n) is 9.96. The molecule has 1 aliphatic heterocycles. The van der Waals surface area contributed by atoms with Crippen LogP contribution in [0.25, 0.3) is 0 Å². The van der Waals surface area contributed by atoms with Crippen LogP contribution in [0.4, 0.5) is 5.69 Å². The van der Waals surface area contributed by atoms with Crippen molar-refractivity contribution in [2.75, 3.05) is 25.0 Å². The number of carbonyl (C=O) groups excluding carboxylic acids is 2. The van der Waals surface area contributed by atoms with E-state index in [1.165, 1.54) is 26.5 Å². The fourth-order valence-corrected chi connectivity index (χ4v) is 5.23. The van der Waals surface area contributed by atoms with Crippen LogP contribution in [0.2, 0.25) is 0 Å². The maximum atomic E-state index is 12.9. The monoisotopic (exact) mass is 407 g/mol. The topological polar surface area (TPSA) is 86.8 Å². The summed E-state index contributed by atoms with van der Waals surface area (Å²) in [5.41, 5.74) is 1.62. The molecular weight excluding hydrogens is 378 g/mol. The molecule has 1 aromatic rings. The van der Waals surface area contributed by atoms with Gasteiger partial charge in [-0.05, 0) is 49.4 Å². The maximum Gasteiger partial charge on any atom is 0.243 e. The van der Waals surface area contributed by atoms with Gasteiger partial charge in [0.05, 0.1) is 11.4 Å². The summed E-state index contributed by atoms with van der Waals surface area (Å²) in [5.74, 6) is -0.313. The van der Waals surface area contributed by atoms with E-state index in [9.17, 15) is 18.0 Å². The van der Waals surface area contributed by atoms with Crippen molar-refractivity contribution in [1.82, 2.24) is 9.62 Å².